The van der Waals surface area contributed by atoms with Crippen molar-refractivity contribution in [3.8, 4) is 17.2 Å². The van der Waals surface area contributed by atoms with Gasteiger partial charge in [-0.3, -0.25) is 4.90 Å². The smallest absolute Gasteiger partial charge is 0.258 e. The summed E-state index contributed by atoms with van der Waals surface area (Å²) in [6.07, 6.45) is -0.170. The first-order valence-corrected chi connectivity index (χ1v) is 7.61. The molecule has 1 saturated heterocycles. The van der Waals surface area contributed by atoms with Crippen molar-refractivity contribution in [1.82, 2.24) is 15.0 Å². The molecule has 0 radical (unpaired) electrons. The van der Waals surface area contributed by atoms with Gasteiger partial charge in [-0.1, -0.05) is 5.16 Å². The maximum atomic E-state index is 5.77. The zero-order chi connectivity index (χ0) is 16.1. The molecule has 0 bridgehead atoms. The first-order chi connectivity index (χ1) is 11.3. The molecule has 2 aromatic rings. The molecule has 0 aliphatic carbocycles. The summed E-state index contributed by atoms with van der Waals surface area (Å²) in [4.78, 5) is 6.75. The van der Waals surface area contributed by atoms with Gasteiger partial charge in [0, 0.05) is 32.3 Å². The third-order valence-corrected chi connectivity index (χ3v) is 3.83. The second-order valence-electron chi connectivity index (χ2n) is 5.34. The Labute approximate surface area is 135 Å². The molecule has 7 nitrogen and oxygen atoms in total. The SMILES string of the molecule is COCCN1CCOC(c2noc(-c3ccc(OC)cc3)n2)C1. The van der Waals surface area contributed by atoms with E-state index in [0.717, 1.165) is 30.9 Å². The lowest BCUT2D eigenvalue weighted by atomic mass is 10.2. The van der Waals surface area contributed by atoms with E-state index < -0.39 is 0 Å². The van der Waals surface area contributed by atoms with Gasteiger partial charge >= 0.3 is 0 Å². The summed E-state index contributed by atoms with van der Waals surface area (Å²) in [6.45, 7) is 3.87. The molecule has 0 amide bonds. The Morgan fingerprint density at radius 2 is 2.09 bits per heavy atom. The zero-order valence-electron chi connectivity index (χ0n) is 13.4. The summed E-state index contributed by atoms with van der Waals surface area (Å²) in [5, 5.41) is 4.07. The number of nitrogens with zero attached hydrogens (tertiary/aromatic N) is 3. The van der Waals surface area contributed by atoms with Crippen LogP contribution in [0.5, 0.6) is 5.75 Å². The van der Waals surface area contributed by atoms with Gasteiger partial charge in [-0.05, 0) is 24.3 Å². The van der Waals surface area contributed by atoms with E-state index in [1.54, 1.807) is 14.2 Å². The quantitative estimate of drug-likeness (QED) is 0.803. The van der Waals surface area contributed by atoms with Crippen molar-refractivity contribution in [3.63, 3.8) is 0 Å². The fourth-order valence-corrected chi connectivity index (χ4v) is 2.50. The molecule has 1 aliphatic rings. The maximum Gasteiger partial charge on any atom is 0.258 e. The fraction of sp³-hybridized carbons (Fsp3) is 0.500. The van der Waals surface area contributed by atoms with Crippen LogP contribution >= 0.6 is 0 Å². The van der Waals surface area contributed by atoms with Crippen molar-refractivity contribution >= 4 is 0 Å². The van der Waals surface area contributed by atoms with E-state index in [1.165, 1.54) is 0 Å². The second kappa shape index (κ2) is 7.54. The van der Waals surface area contributed by atoms with Gasteiger partial charge in [-0.15, -0.1) is 0 Å². The van der Waals surface area contributed by atoms with Gasteiger partial charge < -0.3 is 18.7 Å². The Morgan fingerprint density at radius 3 is 2.83 bits per heavy atom. The number of rotatable bonds is 6. The molecule has 7 heteroatoms. The van der Waals surface area contributed by atoms with Crippen LogP contribution in [0.25, 0.3) is 11.5 Å². The van der Waals surface area contributed by atoms with Gasteiger partial charge in [0.05, 0.1) is 20.3 Å². The Kier molecular flexibility index (Phi) is 5.22. The number of methoxy groups -OCH3 is 2. The largest absolute Gasteiger partial charge is 0.497 e. The van der Waals surface area contributed by atoms with Crippen LogP contribution in [0.3, 0.4) is 0 Å². The highest BCUT2D eigenvalue weighted by atomic mass is 16.5. The summed E-state index contributed by atoms with van der Waals surface area (Å²) in [5.41, 5.74) is 0.858. The summed E-state index contributed by atoms with van der Waals surface area (Å²) in [5.74, 6) is 1.86. The van der Waals surface area contributed by atoms with Crippen molar-refractivity contribution < 1.29 is 18.7 Å². The first kappa shape index (κ1) is 15.9. The topological polar surface area (TPSA) is 69.9 Å². The van der Waals surface area contributed by atoms with Crippen molar-refractivity contribution in [3.05, 3.63) is 30.1 Å². The van der Waals surface area contributed by atoms with Gasteiger partial charge in [0.1, 0.15) is 11.9 Å². The Balaban J connectivity index is 1.68. The number of morpholine rings is 1. The number of benzene rings is 1. The van der Waals surface area contributed by atoms with E-state index in [0.29, 0.717) is 24.9 Å². The Bertz CT molecular complexity index is 614. The molecule has 1 unspecified atom stereocenters. The van der Waals surface area contributed by atoms with Gasteiger partial charge in [-0.25, -0.2) is 0 Å². The molecule has 1 aromatic heterocycles. The van der Waals surface area contributed by atoms with Crippen molar-refractivity contribution in [2.75, 3.05) is 47.1 Å². The normalized spacial score (nSPS) is 19.0. The van der Waals surface area contributed by atoms with Crippen LogP contribution in [-0.2, 0) is 9.47 Å². The molecule has 1 aliphatic heterocycles. The van der Waals surface area contributed by atoms with Crippen molar-refractivity contribution in [1.29, 1.82) is 0 Å². The summed E-state index contributed by atoms with van der Waals surface area (Å²) >= 11 is 0. The third kappa shape index (κ3) is 3.87. The lowest BCUT2D eigenvalue weighted by molar-refractivity contribution is -0.0404. The molecular weight excluding hydrogens is 298 g/mol. The minimum absolute atomic E-state index is 0.170. The van der Waals surface area contributed by atoms with E-state index in [9.17, 15) is 0 Å². The monoisotopic (exact) mass is 319 g/mol. The highest BCUT2D eigenvalue weighted by molar-refractivity contribution is 5.54. The van der Waals surface area contributed by atoms with Gasteiger partial charge in [-0.2, -0.15) is 4.98 Å². The summed E-state index contributed by atoms with van der Waals surface area (Å²) in [7, 11) is 3.34. The summed E-state index contributed by atoms with van der Waals surface area (Å²) in [6, 6.07) is 7.51. The van der Waals surface area contributed by atoms with Crippen molar-refractivity contribution in [2.45, 2.75) is 6.10 Å². The highest BCUT2D eigenvalue weighted by Crippen LogP contribution is 2.24. The van der Waals surface area contributed by atoms with Crippen LogP contribution in [0.15, 0.2) is 28.8 Å². The fourth-order valence-electron chi connectivity index (χ4n) is 2.50. The van der Waals surface area contributed by atoms with Gasteiger partial charge in [0.15, 0.2) is 0 Å². The standard InChI is InChI=1S/C16H21N3O4/c1-20-9-7-19-8-10-22-14(11-19)15-17-16(23-18-15)12-3-5-13(21-2)6-4-12/h3-6,14H,7-11H2,1-2H3. The second-order valence-corrected chi connectivity index (χ2v) is 5.34. The van der Waals surface area contributed by atoms with Crippen LogP contribution in [0, 0.1) is 0 Å². The number of ether oxygens (including phenoxy) is 3. The van der Waals surface area contributed by atoms with Gasteiger partial charge in [0.2, 0.25) is 5.82 Å². The maximum absolute atomic E-state index is 5.77. The zero-order valence-corrected chi connectivity index (χ0v) is 13.4. The summed E-state index contributed by atoms with van der Waals surface area (Å²) < 4.78 is 21.4. The third-order valence-electron chi connectivity index (χ3n) is 3.83. The van der Waals surface area contributed by atoms with Crippen LogP contribution < -0.4 is 4.74 Å². The minimum atomic E-state index is -0.170. The number of hydrogen-bond acceptors (Lipinski definition) is 7. The molecule has 1 fully saturated rings. The molecule has 3 rings (SSSR count). The van der Waals surface area contributed by atoms with Crippen LogP contribution in [0.1, 0.15) is 11.9 Å². The Hall–Kier alpha value is -1.96. The van der Waals surface area contributed by atoms with E-state index in [1.807, 2.05) is 24.3 Å². The average Bonchev–Trinajstić information content (AvgIpc) is 3.10. The number of hydrogen-bond donors (Lipinski definition) is 0. The molecular formula is C16H21N3O4. The van der Waals surface area contributed by atoms with Crippen molar-refractivity contribution in [2.24, 2.45) is 0 Å². The van der Waals surface area contributed by atoms with Gasteiger partial charge in [0.25, 0.3) is 5.89 Å². The predicted molar refractivity (Wildman–Crippen MR) is 83.3 cm³/mol. The lowest BCUT2D eigenvalue weighted by Gasteiger charge is -2.30. The van der Waals surface area contributed by atoms with E-state index in [-0.39, 0.29) is 6.10 Å². The van der Waals surface area contributed by atoms with E-state index in [4.69, 9.17) is 18.7 Å². The molecule has 23 heavy (non-hydrogen) atoms. The molecule has 2 heterocycles. The molecule has 0 spiro atoms. The minimum Gasteiger partial charge on any atom is -0.497 e. The van der Waals surface area contributed by atoms with Crippen LogP contribution in [-0.4, -0.2) is 62.1 Å². The molecule has 124 valence electrons. The average molecular weight is 319 g/mol. The number of aromatic nitrogens is 2. The van der Waals surface area contributed by atoms with Crippen LogP contribution in [0.2, 0.25) is 0 Å². The van der Waals surface area contributed by atoms with Crippen LogP contribution in [0.4, 0.5) is 0 Å². The first-order valence-electron chi connectivity index (χ1n) is 7.61. The highest BCUT2D eigenvalue weighted by Gasteiger charge is 2.26. The molecule has 0 N–H and O–H groups in total. The van der Waals surface area contributed by atoms with E-state index >= 15 is 0 Å². The molecule has 1 atom stereocenters. The molecule has 1 aromatic carbocycles. The van der Waals surface area contributed by atoms with E-state index in [2.05, 4.69) is 15.0 Å². The molecule has 0 saturated carbocycles. The Morgan fingerprint density at radius 1 is 1.26 bits per heavy atom. The predicted octanol–water partition coefficient (Wildman–Crippen LogP) is 1.76. The lowest BCUT2D eigenvalue weighted by Crippen LogP contribution is -2.40.